The van der Waals surface area contributed by atoms with Crippen LogP contribution in [0.15, 0.2) is 53.7 Å². The molecule has 2 aromatic carbocycles. The van der Waals surface area contributed by atoms with Crippen LogP contribution in [0, 0.1) is 5.82 Å². The monoisotopic (exact) mass is 414 g/mol. The Kier molecular flexibility index (Phi) is 6.61. The molecule has 0 aliphatic carbocycles. The highest BCUT2D eigenvalue weighted by atomic mass is 32.2. The molecule has 3 aromatic rings. The average molecular weight is 414 g/mol. The third-order valence-electron chi connectivity index (χ3n) is 4.15. The van der Waals surface area contributed by atoms with Crippen molar-refractivity contribution in [2.45, 2.75) is 11.7 Å². The van der Waals surface area contributed by atoms with E-state index in [1.54, 1.807) is 54.1 Å². The van der Waals surface area contributed by atoms with Crippen LogP contribution in [0.25, 0.3) is 11.4 Å². The number of esters is 1. The molecule has 1 heterocycles. The first-order valence-electron chi connectivity index (χ1n) is 8.70. The van der Waals surface area contributed by atoms with Gasteiger partial charge in [0.15, 0.2) is 11.0 Å². The van der Waals surface area contributed by atoms with E-state index in [-0.39, 0.29) is 17.5 Å². The molecule has 0 saturated carbocycles. The Hall–Kier alpha value is -3.20. The predicted molar refractivity (Wildman–Crippen MR) is 107 cm³/mol. The maximum atomic E-state index is 14.0. The molecule has 1 aromatic heterocycles. The van der Waals surface area contributed by atoms with Gasteiger partial charge in [-0.15, -0.1) is 10.2 Å². The second-order valence-corrected chi connectivity index (χ2v) is 7.04. The topological polar surface area (TPSA) is 86.1 Å². The number of benzene rings is 2. The summed E-state index contributed by atoms with van der Waals surface area (Å²) in [5, 5.41) is 11.4. The smallest absolute Gasteiger partial charge is 0.337 e. The molecule has 9 heteroatoms. The number of methoxy groups -OCH3 is 1. The van der Waals surface area contributed by atoms with Crippen molar-refractivity contribution in [3.63, 3.8) is 0 Å². The lowest BCUT2D eigenvalue weighted by Gasteiger charge is -2.07. The van der Waals surface area contributed by atoms with E-state index in [4.69, 9.17) is 0 Å². The van der Waals surface area contributed by atoms with E-state index in [0.29, 0.717) is 28.7 Å². The summed E-state index contributed by atoms with van der Waals surface area (Å²) in [6, 6.07) is 13.1. The van der Waals surface area contributed by atoms with Gasteiger partial charge in [0.05, 0.1) is 24.0 Å². The van der Waals surface area contributed by atoms with Gasteiger partial charge in [-0.05, 0) is 29.8 Å². The van der Waals surface area contributed by atoms with Crippen molar-refractivity contribution in [3.8, 4) is 11.4 Å². The molecule has 3 rings (SSSR count). The third-order valence-corrected chi connectivity index (χ3v) is 5.17. The summed E-state index contributed by atoms with van der Waals surface area (Å²) in [5.74, 6) is -0.422. The largest absolute Gasteiger partial charge is 0.465 e. The fourth-order valence-corrected chi connectivity index (χ4v) is 3.32. The van der Waals surface area contributed by atoms with Gasteiger partial charge in [0.1, 0.15) is 5.82 Å². The number of carbonyl (C=O) groups excluding carboxylic acids is 2. The van der Waals surface area contributed by atoms with E-state index in [1.165, 1.54) is 24.9 Å². The second kappa shape index (κ2) is 9.33. The van der Waals surface area contributed by atoms with Crippen molar-refractivity contribution in [1.29, 1.82) is 0 Å². The molecule has 1 N–H and O–H groups in total. The molecular weight excluding hydrogens is 395 g/mol. The van der Waals surface area contributed by atoms with Crippen LogP contribution >= 0.6 is 11.8 Å². The van der Waals surface area contributed by atoms with Crippen LogP contribution in [0.2, 0.25) is 0 Å². The zero-order valence-electron chi connectivity index (χ0n) is 15.9. The van der Waals surface area contributed by atoms with Crippen LogP contribution < -0.4 is 5.32 Å². The minimum atomic E-state index is -0.407. The number of rotatable bonds is 7. The fraction of sp³-hybridized carbons (Fsp3) is 0.200. The SMILES string of the molecule is COC(=O)c1ccc(CNC(=O)CSc2nnc(-c3ccccc3F)n2C)cc1. The zero-order chi connectivity index (χ0) is 20.8. The molecule has 0 radical (unpaired) electrons. The maximum absolute atomic E-state index is 14.0. The van der Waals surface area contributed by atoms with E-state index in [1.807, 2.05) is 0 Å². The van der Waals surface area contributed by atoms with Crippen molar-refractivity contribution in [1.82, 2.24) is 20.1 Å². The Labute approximate surface area is 171 Å². The molecule has 7 nitrogen and oxygen atoms in total. The molecule has 1 amide bonds. The Balaban J connectivity index is 1.54. The van der Waals surface area contributed by atoms with Crippen LogP contribution in [0.1, 0.15) is 15.9 Å². The first kappa shape index (κ1) is 20.5. The summed E-state index contributed by atoms with van der Waals surface area (Å²) in [6.07, 6.45) is 0. The van der Waals surface area contributed by atoms with Gasteiger partial charge in [-0.1, -0.05) is 36.0 Å². The summed E-state index contributed by atoms with van der Waals surface area (Å²) in [6.45, 7) is 0.333. The van der Waals surface area contributed by atoms with Crippen LogP contribution in [0.5, 0.6) is 0 Å². The van der Waals surface area contributed by atoms with Crippen molar-refractivity contribution < 1.29 is 18.7 Å². The number of hydrogen-bond donors (Lipinski definition) is 1. The normalized spacial score (nSPS) is 10.6. The molecule has 0 bridgehead atoms. The van der Waals surface area contributed by atoms with Crippen molar-refractivity contribution in [2.75, 3.05) is 12.9 Å². The molecule has 0 unspecified atom stereocenters. The number of ether oxygens (including phenoxy) is 1. The van der Waals surface area contributed by atoms with Crippen molar-refractivity contribution in [2.24, 2.45) is 7.05 Å². The minimum Gasteiger partial charge on any atom is -0.465 e. The van der Waals surface area contributed by atoms with E-state index in [2.05, 4.69) is 20.3 Å². The molecule has 0 atom stereocenters. The Bertz CT molecular complexity index is 1020. The van der Waals surface area contributed by atoms with Gasteiger partial charge >= 0.3 is 5.97 Å². The summed E-state index contributed by atoms with van der Waals surface area (Å²) in [4.78, 5) is 23.6. The summed E-state index contributed by atoms with van der Waals surface area (Å²) < 4.78 is 20.3. The highest BCUT2D eigenvalue weighted by molar-refractivity contribution is 7.99. The second-order valence-electron chi connectivity index (χ2n) is 6.10. The zero-order valence-corrected chi connectivity index (χ0v) is 16.7. The number of aromatic nitrogens is 3. The Morgan fingerprint density at radius 1 is 1.14 bits per heavy atom. The molecule has 150 valence electrons. The third kappa shape index (κ3) is 5.00. The van der Waals surface area contributed by atoms with Gasteiger partial charge < -0.3 is 14.6 Å². The summed E-state index contributed by atoms with van der Waals surface area (Å²) >= 11 is 1.21. The van der Waals surface area contributed by atoms with Crippen LogP contribution in [0.4, 0.5) is 4.39 Å². The van der Waals surface area contributed by atoms with Crippen molar-refractivity contribution >= 4 is 23.6 Å². The number of nitrogens with zero attached hydrogens (tertiary/aromatic N) is 3. The van der Waals surface area contributed by atoms with E-state index in [9.17, 15) is 14.0 Å². The van der Waals surface area contributed by atoms with Crippen LogP contribution in [0.3, 0.4) is 0 Å². The maximum Gasteiger partial charge on any atom is 0.337 e. The molecule has 0 saturated heterocycles. The lowest BCUT2D eigenvalue weighted by molar-refractivity contribution is -0.118. The van der Waals surface area contributed by atoms with Gasteiger partial charge in [0.2, 0.25) is 5.91 Å². The Morgan fingerprint density at radius 3 is 2.55 bits per heavy atom. The summed E-state index contributed by atoms with van der Waals surface area (Å²) in [5.41, 5.74) is 1.66. The standard InChI is InChI=1S/C20H19FN4O3S/c1-25-18(15-5-3-4-6-16(15)21)23-24-20(25)29-12-17(26)22-11-13-7-9-14(10-8-13)19(27)28-2/h3-10H,11-12H2,1-2H3,(H,22,26). The van der Waals surface area contributed by atoms with Crippen LogP contribution in [-0.4, -0.2) is 39.5 Å². The number of nitrogens with one attached hydrogen (secondary N) is 1. The lowest BCUT2D eigenvalue weighted by Crippen LogP contribution is -2.24. The van der Waals surface area contributed by atoms with Gasteiger partial charge in [-0.3, -0.25) is 4.79 Å². The molecule has 0 spiro atoms. The van der Waals surface area contributed by atoms with E-state index in [0.717, 1.165) is 5.56 Å². The van der Waals surface area contributed by atoms with Gasteiger partial charge in [0, 0.05) is 13.6 Å². The van der Waals surface area contributed by atoms with E-state index < -0.39 is 5.97 Å². The lowest BCUT2D eigenvalue weighted by atomic mass is 10.1. The molecule has 0 aliphatic rings. The quantitative estimate of drug-likeness (QED) is 0.473. The molecule has 0 fully saturated rings. The number of halogens is 1. The number of amides is 1. The summed E-state index contributed by atoms with van der Waals surface area (Å²) in [7, 11) is 3.05. The average Bonchev–Trinajstić information content (AvgIpc) is 3.11. The number of hydrogen-bond acceptors (Lipinski definition) is 6. The van der Waals surface area contributed by atoms with Crippen molar-refractivity contribution in [3.05, 3.63) is 65.5 Å². The fourth-order valence-electron chi connectivity index (χ4n) is 2.58. The first-order chi connectivity index (χ1) is 14.0. The molecule has 29 heavy (non-hydrogen) atoms. The minimum absolute atomic E-state index is 0.142. The highest BCUT2D eigenvalue weighted by Gasteiger charge is 2.15. The van der Waals surface area contributed by atoms with Gasteiger partial charge in [0.25, 0.3) is 0 Å². The highest BCUT2D eigenvalue weighted by Crippen LogP contribution is 2.24. The number of carbonyl (C=O) groups is 2. The van der Waals surface area contributed by atoms with Gasteiger partial charge in [-0.2, -0.15) is 0 Å². The molecular formula is C20H19FN4O3S. The predicted octanol–water partition coefficient (Wildman–Crippen LogP) is 2.82. The Morgan fingerprint density at radius 2 is 1.86 bits per heavy atom. The first-order valence-corrected chi connectivity index (χ1v) is 9.69. The molecule has 0 aliphatic heterocycles. The van der Waals surface area contributed by atoms with E-state index >= 15 is 0 Å². The van der Waals surface area contributed by atoms with Crippen LogP contribution in [-0.2, 0) is 23.1 Å². The number of thioether (sulfide) groups is 1. The van der Waals surface area contributed by atoms with Gasteiger partial charge in [-0.25, -0.2) is 9.18 Å².